The zero-order valence-corrected chi connectivity index (χ0v) is 24.2. The summed E-state index contributed by atoms with van der Waals surface area (Å²) < 4.78 is 50.3. The quantitative estimate of drug-likeness (QED) is 0.261. The second kappa shape index (κ2) is 11.1. The third-order valence-electron chi connectivity index (χ3n) is 6.72. The molecule has 0 fully saturated rings. The van der Waals surface area contributed by atoms with Gasteiger partial charge < -0.3 is 14.2 Å². The van der Waals surface area contributed by atoms with Crippen molar-refractivity contribution in [2.45, 2.75) is 25.2 Å². The zero-order valence-electron chi connectivity index (χ0n) is 23.4. The molecule has 2 unspecified atom stereocenters. The van der Waals surface area contributed by atoms with Crippen molar-refractivity contribution in [2.75, 3.05) is 26.1 Å². The lowest BCUT2D eigenvalue weighted by Crippen LogP contribution is -2.33. The predicted octanol–water partition coefficient (Wildman–Crippen LogP) is 3.45. The first-order chi connectivity index (χ1) is 19.7. The molecule has 13 nitrogen and oxygen atoms in total. The van der Waals surface area contributed by atoms with Crippen molar-refractivity contribution in [1.29, 1.82) is 0 Å². The van der Waals surface area contributed by atoms with E-state index in [0.717, 1.165) is 16.5 Å². The van der Waals surface area contributed by atoms with Crippen LogP contribution in [0.15, 0.2) is 54.9 Å². The Balaban J connectivity index is 1.68. The van der Waals surface area contributed by atoms with E-state index in [0.29, 0.717) is 22.9 Å². The van der Waals surface area contributed by atoms with Crippen LogP contribution in [-0.2, 0) is 21.8 Å². The average Bonchev–Trinajstić information content (AvgIpc) is 3.53. The lowest BCUT2D eigenvalue weighted by atomic mass is 10.2. The summed E-state index contributed by atoms with van der Waals surface area (Å²) in [7, 11) is 2.10. The van der Waals surface area contributed by atoms with Crippen molar-refractivity contribution in [2.24, 2.45) is 7.05 Å². The number of fused-ring (bicyclic) bond motifs is 1. The number of benzene rings is 2. The summed E-state index contributed by atoms with van der Waals surface area (Å²) in [6, 6.07) is 12.9. The van der Waals surface area contributed by atoms with E-state index in [1.54, 1.807) is 35.3 Å². The van der Waals surface area contributed by atoms with E-state index in [-0.39, 0.29) is 17.6 Å². The van der Waals surface area contributed by atoms with Crippen LogP contribution in [0.1, 0.15) is 24.4 Å². The van der Waals surface area contributed by atoms with Crippen molar-refractivity contribution >= 4 is 26.9 Å². The number of hydrogen-bond donors (Lipinski definition) is 1. The highest BCUT2D eigenvalue weighted by molar-refractivity contribution is 7.93. The first-order valence-electron chi connectivity index (χ1n) is 12.6. The fourth-order valence-electron chi connectivity index (χ4n) is 4.59. The molecule has 2 aromatic carbocycles. The lowest BCUT2D eigenvalue weighted by molar-refractivity contribution is 0.0949. The van der Waals surface area contributed by atoms with Gasteiger partial charge in [0.25, 0.3) is 0 Å². The molecule has 3 heterocycles. The minimum absolute atomic E-state index is 0.0935. The minimum atomic E-state index is -4.14. The van der Waals surface area contributed by atoms with Crippen molar-refractivity contribution in [1.82, 2.24) is 34.5 Å². The highest BCUT2D eigenvalue weighted by Crippen LogP contribution is 2.39. The number of rotatable bonds is 10. The monoisotopic (exact) mass is 578 g/mol. The standard InChI is InChI=1S/C27H30N8O5S/c1-16-14-28-25(29-15-16)24(40-6)17(2)41(36,37)33-27-31-30-26(22-18-10-7-8-11-19(18)34(3)32-22)35(27)23-20(38-4)12-9-13-21(23)39-5/h7-15,17,24H,1-6H3,(H,31,33). The molecule has 3 aromatic heterocycles. The summed E-state index contributed by atoms with van der Waals surface area (Å²) in [5.41, 5.74) is 2.58. The van der Waals surface area contributed by atoms with Gasteiger partial charge in [-0.3, -0.25) is 14.0 Å². The van der Waals surface area contributed by atoms with Gasteiger partial charge >= 0.3 is 0 Å². The molecule has 41 heavy (non-hydrogen) atoms. The van der Waals surface area contributed by atoms with Crippen LogP contribution in [0.5, 0.6) is 11.5 Å². The summed E-state index contributed by atoms with van der Waals surface area (Å²) in [5, 5.41) is 13.0. The normalized spacial score (nSPS) is 13.2. The van der Waals surface area contributed by atoms with E-state index in [2.05, 4.69) is 30.0 Å². The maximum atomic E-state index is 13.8. The molecule has 0 saturated heterocycles. The third-order valence-corrected chi connectivity index (χ3v) is 8.41. The number of aromatic nitrogens is 7. The molecule has 0 radical (unpaired) electrons. The number of para-hydroxylation sites is 2. The molecular weight excluding hydrogens is 548 g/mol. The van der Waals surface area contributed by atoms with Crippen molar-refractivity contribution in [3.8, 4) is 28.7 Å². The number of nitrogens with zero attached hydrogens (tertiary/aromatic N) is 7. The Morgan fingerprint density at radius 3 is 2.22 bits per heavy atom. The topological polar surface area (TPSA) is 148 Å². The Morgan fingerprint density at radius 1 is 0.927 bits per heavy atom. The van der Waals surface area contributed by atoms with E-state index in [9.17, 15) is 8.42 Å². The maximum Gasteiger partial charge on any atom is 0.243 e. The summed E-state index contributed by atoms with van der Waals surface area (Å²) >= 11 is 0. The van der Waals surface area contributed by atoms with Gasteiger partial charge in [0.05, 0.1) is 19.7 Å². The van der Waals surface area contributed by atoms with Gasteiger partial charge in [-0.15, -0.1) is 10.2 Å². The maximum absolute atomic E-state index is 13.8. The smallest absolute Gasteiger partial charge is 0.243 e. The number of hydrogen-bond acceptors (Lipinski definition) is 10. The Labute approximate surface area is 237 Å². The van der Waals surface area contributed by atoms with Crippen molar-refractivity contribution in [3.63, 3.8) is 0 Å². The van der Waals surface area contributed by atoms with Crippen LogP contribution in [0.3, 0.4) is 0 Å². The van der Waals surface area contributed by atoms with Crippen LogP contribution in [0, 0.1) is 6.92 Å². The fourth-order valence-corrected chi connectivity index (χ4v) is 5.72. The number of sulfonamides is 1. The molecule has 5 aromatic rings. The first kappa shape index (κ1) is 28.0. The van der Waals surface area contributed by atoms with E-state index in [1.165, 1.54) is 32.8 Å². The molecule has 0 aliphatic rings. The Morgan fingerprint density at radius 2 is 1.59 bits per heavy atom. The number of aryl methyl sites for hydroxylation is 2. The number of methoxy groups -OCH3 is 3. The van der Waals surface area contributed by atoms with Crippen molar-refractivity contribution in [3.05, 3.63) is 66.2 Å². The number of nitrogens with one attached hydrogen (secondary N) is 1. The van der Waals surface area contributed by atoms with Crippen LogP contribution in [0.4, 0.5) is 5.95 Å². The Hall–Kier alpha value is -4.56. The van der Waals surface area contributed by atoms with Crippen LogP contribution in [0.25, 0.3) is 28.1 Å². The van der Waals surface area contributed by atoms with Gasteiger partial charge in [0.2, 0.25) is 16.0 Å². The molecule has 0 saturated carbocycles. The largest absolute Gasteiger partial charge is 0.494 e. The van der Waals surface area contributed by atoms with Gasteiger partial charge in [-0.25, -0.2) is 18.4 Å². The number of ether oxygens (including phenoxy) is 3. The zero-order chi connectivity index (χ0) is 29.3. The molecular formula is C27H30N8O5S. The van der Waals surface area contributed by atoms with Crippen molar-refractivity contribution < 1.29 is 22.6 Å². The van der Waals surface area contributed by atoms with Gasteiger partial charge in [-0.2, -0.15) is 5.10 Å². The van der Waals surface area contributed by atoms with Gasteiger partial charge in [0, 0.05) is 31.9 Å². The molecule has 0 bridgehead atoms. The lowest BCUT2D eigenvalue weighted by Gasteiger charge is -2.22. The molecule has 0 aliphatic carbocycles. The summed E-state index contributed by atoms with van der Waals surface area (Å²) in [4.78, 5) is 8.54. The van der Waals surface area contributed by atoms with E-state index in [1.807, 2.05) is 38.2 Å². The SMILES string of the molecule is COc1cccc(OC)c1-n1c(NS(=O)(=O)C(C)C(OC)c2ncc(C)cn2)nnc1-c1nn(C)c2ccccc12. The molecule has 214 valence electrons. The fraction of sp³-hybridized carbons (Fsp3) is 0.296. The Kier molecular flexibility index (Phi) is 7.60. The van der Waals surface area contributed by atoms with Gasteiger partial charge in [-0.05, 0) is 37.6 Å². The molecule has 0 amide bonds. The van der Waals surface area contributed by atoms with E-state index >= 15 is 0 Å². The summed E-state index contributed by atoms with van der Waals surface area (Å²) in [5.74, 6) is 1.23. The molecule has 14 heteroatoms. The van der Waals surface area contributed by atoms with Crippen LogP contribution in [0.2, 0.25) is 0 Å². The molecule has 2 atom stereocenters. The average molecular weight is 579 g/mol. The van der Waals surface area contributed by atoms with Gasteiger partial charge in [-0.1, -0.05) is 24.3 Å². The van der Waals surface area contributed by atoms with Gasteiger partial charge in [0.1, 0.15) is 34.2 Å². The van der Waals surface area contributed by atoms with Crippen LogP contribution < -0.4 is 14.2 Å². The highest BCUT2D eigenvalue weighted by atomic mass is 32.2. The highest BCUT2D eigenvalue weighted by Gasteiger charge is 2.35. The third kappa shape index (κ3) is 5.07. The second-order valence-corrected chi connectivity index (χ2v) is 11.3. The molecule has 0 spiro atoms. The summed E-state index contributed by atoms with van der Waals surface area (Å²) in [6.07, 6.45) is 2.26. The molecule has 5 rings (SSSR count). The number of anilines is 1. The predicted molar refractivity (Wildman–Crippen MR) is 153 cm³/mol. The van der Waals surface area contributed by atoms with E-state index < -0.39 is 21.4 Å². The first-order valence-corrected chi connectivity index (χ1v) is 14.2. The Bertz CT molecular complexity index is 1780. The van der Waals surface area contributed by atoms with Gasteiger partial charge in [0.15, 0.2) is 11.6 Å². The van der Waals surface area contributed by atoms with Crippen LogP contribution in [-0.4, -0.2) is 69.5 Å². The summed E-state index contributed by atoms with van der Waals surface area (Å²) in [6.45, 7) is 3.35. The molecule has 1 N–H and O–H groups in total. The van der Waals surface area contributed by atoms with E-state index in [4.69, 9.17) is 14.2 Å². The minimum Gasteiger partial charge on any atom is -0.494 e. The second-order valence-electron chi connectivity index (χ2n) is 9.31. The molecule has 0 aliphatic heterocycles. The van der Waals surface area contributed by atoms with Crippen LogP contribution >= 0.6 is 0 Å².